The molecule has 0 aliphatic heterocycles. The van der Waals surface area contributed by atoms with E-state index < -0.39 is 41.7 Å². The van der Waals surface area contributed by atoms with Crippen molar-refractivity contribution >= 4 is 70.1 Å². The first-order valence-electron chi connectivity index (χ1n) is 24.0. The van der Waals surface area contributed by atoms with Crippen molar-refractivity contribution in [1.29, 1.82) is 0 Å². The Labute approximate surface area is 442 Å². The molecule has 6 rings (SSSR count). The van der Waals surface area contributed by atoms with Gasteiger partial charge in [-0.05, 0) is 119 Å². The third kappa shape index (κ3) is 18.8. The molecular weight excluding hydrogens is 1000 g/mol. The topological polar surface area (TPSA) is 305 Å². The molecule has 9 N–H and O–H groups in total. The van der Waals surface area contributed by atoms with Gasteiger partial charge >= 0.3 is 11.9 Å². The van der Waals surface area contributed by atoms with Gasteiger partial charge in [0.1, 0.15) is 30.2 Å². The van der Waals surface area contributed by atoms with Crippen LogP contribution in [0.4, 0.5) is 11.9 Å². The number of nitrogens with zero attached hydrogens (tertiary/aromatic N) is 4. The number of ether oxygens (including phenoxy) is 2. The van der Waals surface area contributed by atoms with Gasteiger partial charge in [0, 0.05) is 32.8 Å². The number of rotatable bonds is 26. The standard InChI is InChI=1S/C28H35N5O6S.C24H27N5O5S/c1-4-38-13-14-39-27(37)22(17-30-25(35)23-11-7-15-40-23)33-26(36)24-18(2)31-28(32-19(24)3)29-12-6-9-20-8-5-10-21(34)16-20;1-14-20(22(32)29-18(23(33)34)13-26-21(31)19-9-5-11-35-19)15(2)28-24(27-14)25-10-4-7-16-6-3-8-17(30)12-16/h5,7-8,10-11,15-16,22,34H,4,6,9,12-14,17H2,1-3H3,(H,30,35)(H,33,36)(H,29,31,32);3,5-6,8-9,11-12,18,30H,4,7,10,13H2,1-2H3,(H,26,31)(H,29,32)(H,33,34)(H,25,27,28)/t22-;18-/m00/s1. The molecule has 0 aliphatic carbocycles. The zero-order valence-electron chi connectivity index (χ0n) is 42.2. The largest absolute Gasteiger partial charge is 0.508 e. The number of phenols is 2. The smallest absolute Gasteiger partial charge is 0.330 e. The van der Waals surface area contributed by atoms with E-state index in [2.05, 4.69) is 51.8 Å². The molecule has 0 aliphatic rings. The van der Waals surface area contributed by atoms with Crippen molar-refractivity contribution < 1.29 is 53.6 Å². The molecule has 0 radical (unpaired) electrons. The van der Waals surface area contributed by atoms with E-state index >= 15 is 0 Å². The average Bonchev–Trinajstić information content (AvgIpc) is 4.12. The van der Waals surface area contributed by atoms with Gasteiger partial charge in [-0.1, -0.05) is 36.4 Å². The molecule has 2 atom stereocenters. The molecule has 4 aromatic heterocycles. The van der Waals surface area contributed by atoms with Gasteiger partial charge in [-0.3, -0.25) is 19.2 Å². The number of benzene rings is 2. The Morgan fingerprint density at radius 3 is 1.43 bits per heavy atom. The van der Waals surface area contributed by atoms with Crippen molar-refractivity contribution in [3.8, 4) is 11.5 Å². The first-order chi connectivity index (χ1) is 36.0. The van der Waals surface area contributed by atoms with Crippen molar-refractivity contribution in [2.45, 2.75) is 72.4 Å². The molecule has 75 heavy (non-hydrogen) atoms. The molecule has 21 nitrogen and oxygen atoms in total. The first kappa shape index (κ1) is 57.9. The Balaban J connectivity index is 0.000000280. The minimum Gasteiger partial charge on any atom is -0.508 e. The van der Waals surface area contributed by atoms with Crippen LogP contribution in [0.25, 0.3) is 0 Å². The summed E-state index contributed by atoms with van der Waals surface area (Å²) in [5, 5.41) is 48.7. The maximum atomic E-state index is 13.2. The highest BCUT2D eigenvalue weighted by atomic mass is 32.1. The molecule has 0 fully saturated rings. The number of aromatic hydroxyl groups is 2. The number of anilines is 2. The minimum atomic E-state index is -1.32. The van der Waals surface area contributed by atoms with Crippen LogP contribution in [0.15, 0.2) is 83.6 Å². The number of aryl methyl sites for hydroxylation is 6. The molecule has 6 aromatic rings. The number of aromatic nitrogens is 4. The highest BCUT2D eigenvalue weighted by Gasteiger charge is 2.28. The van der Waals surface area contributed by atoms with Crippen LogP contribution in [0.1, 0.15) is 93.7 Å². The van der Waals surface area contributed by atoms with E-state index in [1.807, 2.05) is 19.1 Å². The maximum absolute atomic E-state index is 13.2. The third-order valence-electron chi connectivity index (χ3n) is 11.0. The minimum absolute atomic E-state index is 0.0187. The molecule has 4 heterocycles. The second kappa shape index (κ2) is 29.6. The summed E-state index contributed by atoms with van der Waals surface area (Å²) in [6, 6.07) is 18.5. The Morgan fingerprint density at radius 1 is 0.587 bits per heavy atom. The molecule has 398 valence electrons. The number of nitrogens with one attached hydrogen (secondary N) is 6. The van der Waals surface area contributed by atoms with Gasteiger partial charge in [0.15, 0.2) is 0 Å². The summed E-state index contributed by atoms with van der Waals surface area (Å²) < 4.78 is 10.5. The van der Waals surface area contributed by atoms with Crippen LogP contribution in [-0.2, 0) is 31.9 Å². The summed E-state index contributed by atoms with van der Waals surface area (Å²) >= 11 is 2.50. The van der Waals surface area contributed by atoms with Gasteiger partial charge in [-0.25, -0.2) is 29.5 Å². The summed E-state index contributed by atoms with van der Waals surface area (Å²) in [7, 11) is 0. The lowest BCUT2D eigenvalue weighted by Crippen LogP contribution is -2.49. The monoisotopic (exact) mass is 1070 g/mol. The van der Waals surface area contributed by atoms with E-state index in [9.17, 15) is 44.1 Å². The lowest BCUT2D eigenvalue weighted by atomic mass is 10.1. The Hall–Kier alpha value is -8.02. The van der Waals surface area contributed by atoms with Gasteiger partial charge in [-0.15, -0.1) is 22.7 Å². The third-order valence-corrected chi connectivity index (χ3v) is 12.7. The number of thiophene rings is 2. The van der Waals surface area contributed by atoms with Gasteiger partial charge < -0.3 is 56.7 Å². The number of carbonyl (C=O) groups excluding carboxylic acids is 5. The maximum Gasteiger partial charge on any atom is 0.330 e. The fourth-order valence-electron chi connectivity index (χ4n) is 7.34. The van der Waals surface area contributed by atoms with Crippen LogP contribution in [0.3, 0.4) is 0 Å². The van der Waals surface area contributed by atoms with Gasteiger partial charge in [0.2, 0.25) is 11.9 Å². The van der Waals surface area contributed by atoms with E-state index in [1.54, 1.807) is 99.1 Å². The van der Waals surface area contributed by atoms with Crippen LogP contribution < -0.4 is 31.9 Å². The zero-order chi connectivity index (χ0) is 54.3. The fourth-order valence-corrected chi connectivity index (χ4v) is 8.62. The number of amides is 4. The number of carboxylic acids is 1. The van der Waals surface area contributed by atoms with Gasteiger partial charge in [-0.2, -0.15) is 0 Å². The molecule has 23 heteroatoms. The van der Waals surface area contributed by atoms with Crippen molar-refractivity contribution in [2.24, 2.45) is 0 Å². The number of esters is 1. The van der Waals surface area contributed by atoms with Crippen LogP contribution in [0, 0.1) is 27.7 Å². The summed E-state index contributed by atoms with van der Waals surface area (Å²) in [6.07, 6.45) is 3.10. The average molecular weight is 1070 g/mol. The van der Waals surface area contributed by atoms with Crippen molar-refractivity contribution in [3.63, 3.8) is 0 Å². The Morgan fingerprint density at radius 2 is 1.03 bits per heavy atom. The highest BCUT2D eigenvalue weighted by molar-refractivity contribution is 7.12. The first-order valence-corrected chi connectivity index (χ1v) is 25.7. The number of phenolic OH excluding ortho intramolecular Hbond substituents is 2. The molecule has 2 aromatic carbocycles. The van der Waals surface area contributed by atoms with E-state index in [0.717, 1.165) is 36.8 Å². The van der Waals surface area contributed by atoms with E-state index in [4.69, 9.17) is 9.47 Å². The Bertz CT molecular complexity index is 2820. The fraction of sp³-hybridized carbons (Fsp3) is 0.346. The van der Waals surface area contributed by atoms with Crippen LogP contribution in [0.5, 0.6) is 11.5 Å². The van der Waals surface area contributed by atoms with E-state index in [1.165, 1.54) is 22.7 Å². The van der Waals surface area contributed by atoms with E-state index in [0.29, 0.717) is 64.1 Å². The number of carboxylic acid groups (broad SMARTS) is 1. The van der Waals surface area contributed by atoms with E-state index in [-0.39, 0.29) is 54.8 Å². The molecule has 0 saturated carbocycles. The highest BCUT2D eigenvalue weighted by Crippen LogP contribution is 2.18. The number of carbonyl (C=O) groups is 6. The predicted molar refractivity (Wildman–Crippen MR) is 284 cm³/mol. The normalized spacial score (nSPS) is 11.5. The lowest BCUT2D eigenvalue weighted by Gasteiger charge is -2.19. The van der Waals surface area contributed by atoms with Gasteiger partial charge in [0.05, 0.1) is 50.3 Å². The number of hydrogen-bond acceptors (Lipinski definition) is 18. The SMILES string of the molecule is CCOCCOC(=O)[C@H](CNC(=O)c1cccs1)NC(=O)c1c(C)nc(NCCCc2cccc(O)c2)nc1C.Cc1nc(NCCCc2cccc(O)c2)nc(C)c1C(=O)N[C@@H](CNC(=O)c1cccs1)C(=O)O. The zero-order valence-corrected chi connectivity index (χ0v) is 43.9. The van der Waals surface area contributed by atoms with Crippen LogP contribution in [0.2, 0.25) is 0 Å². The predicted octanol–water partition coefficient (Wildman–Crippen LogP) is 5.53. The second-order valence-electron chi connectivity index (χ2n) is 16.7. The van der Waals surface area contributed by atoms with Crippen LogP contribution in [-0.4, -0.2) is 129 Å². The lowest BCUT2D eigenvalue weighted by molar-refractivity contribution is -0.147. The van der Waals surface area contributed by atoms with Gasteiger partial charge in [0.25, 0.3) is 23.6 Å². The quantitative estimate of drug-likeness (QED) is 0.0238. The summed E-state index contributed by atoms with van der Waals surface area (Å²) in [4.78, 5) is 93.4. The molecule has 0 bridgehead atoms. The number of aliphatic carboxylic acids is 1. The molecule has 0 saturated heterocycles. The molecule has 4 amide bonds. The Kier molecular flexibility index (Phi) is 22.9. The number of hydrogen-bond donors (Lipinski definition) is 9. The van der Waals surface area contributed by atoms with Crippen molar-refractivity contribution in [1.82, 2.24) is 41.2 Å². The molecule has 0 unspecified atom stereocenters. The summed E-state index contributed by atoms with van der Waals surface area (Å²) in [5.41, 5.74) is 4.15. The van der Waals surface area contributed by atoms with Crippen molar-refractivity contribution in [3.05, 3.63) is 138 Å². The summed E-state index contributed by atoms with van der Waals surface area (Å²) in [5.74, 6) is -2.69. The molecular formula is C52H62N10O11S2. The second-order valence-corrected chi connectivity index (χ2v) is 18.6. The summed E-state index contributed by atoms with van der Waals surface area (Å²) in [6.45, 7) is 9.99. The van der Waals surface area contributed by atoms with Crippen molar-refractivity contribution in [2.75, 3.05) is 56.6 Å². The molecule has 0 spiro atoms. The van der Waals surface area contributed by atoms with Crippen LogP contribution >= 0.6 is 22.7 Å².